The number of hydrogen-bond acceptors (Lipinski definition) is 8. The average Bonchev–Trinajstić information content (AvgIpc) is 3.48. The lowest BCUT2D eigenvalue weighted by atomic mass is 9.95. The van der Waals surface area contributed by atoms with Gasteiger partial charge in [0.15, 0.2) is 30.2 Å². The number of ether oxygens (including phenoxy) is 5. The second kappa shape index (κ2) is 9.40. The minimum absolute atomic E-state index is 0.245. The van der Waals surface area contributed by atoms with Gasteiger partial charge in [-0.05, 0) is 43.7 Å². The molecule has 0 saturated carbocycles. The van der Waals surface area contributed by atoms with Crippen molar-refractivity contribution in [3.8, 4) is 0 Å². The standard InChI is InChI=1S/C24H25Cl2N3O6/c1-24(2)34-19-18(17(30)14-6-5-13(25)9-12(14)10-16(31-3)32-4)33-23(20(19)35-24)29-8-7-15-21(26)27-11-28-22(15)29/h5-9,11,16,18-20,23H,10H2,1-4H3/t18-,19-,20-,23-/m1/s1. The summed E-state index contributed by atoms with van der Waals surface area (Å²) in [6, 6.07) is 6.90. The van der Waals surface area contributed by atoms with E-state index in [0.29, 0.717) is 38.8 Å². The molecule has 11 heteroatoms. The van der Waals surface area contributed by atoms with Crippen molar-refractivity contribution in [3.63, 3.8) is 0 Å². The molecule has 1 aromatic carbocycles. The summed E-state index contributed by atoms with van der Waals surface area (Å²) >= 11 is 12.5. The van der Waals surface area contributed by atoms with E-state index in [2.05, 4.69) is 9.97 Å². The third-order valence-electron chi connectivity index (χ3n) is 6.27. The summed E-state index contributed by atoms with van der Waals surface area (Å²) in [5, 5.41) is 1.51. The summed E-state index contributed by atoms with van der Waals surface area (Å²) < 4.78 is 31.2. The van der Waals surface area contributed by atoms with Crippen LogP contribution in [0, 0.1) is 0 Å². The Kier molecular flexibility index (Phi) is 6.60. The summed E-state index contributed by atoms with van der Waals surface area (Å²) in [6.45, 7) is 3.62. The van der Waals surface area contributed by atoms with Crippen LogP contribution in [0.4, 0.5) is 0 Å². The fourth-order valence-corrected chi connectivity index (χ4v) is 5.11. The summed E-state index contributed by atoms with van der Waals surface area (Å²) in [5.41, 5.74) is 1.71. The van der Waals surface area contributed by atoms with E-state index in [9.17, 15) is 4.79 Å². The minimum atomic E-state index is -0.926. The van der Waals surface area contributed by atoms with Crippen molar-refractivity contribution >= 4 is 40.0 Å². The highest BCUT2D eigenvalue weighted by atomic mass is 35.5. The summed E-state index contributed by atoms with van der Waals surface area (Å²) in [5.74, 6) is -1.14. The lowest BCUT2D eigenvalue weighted by molar-refractivity contribution is -0.190. The van der Waals surface area contributed by atoms with Gasteiger partial charge in [-0.25, -0.2) is 9.97 Å². The highest BCUT2D eigenvalue weighted by molar-refractivity contribution is 6.33. The minimum Gasteiger partial charge on any atom is -0.356 e. The van der Waals surface area contributed by atoms with Crippen LogP contribution < -0.4 is 0 Å². The first-order valence-corrected chi connectivity index (χ1v) is 11.8. The molecule has 2 aliphatic rings. The molecule has 35 heavy (non-hydrogen) atoms. The molecular weight excluding hydrogens is 497 g/mol. The molecule has 2 fully saturated rings. The molecule has 0 N–H and O–H groups in total. The zero-order valence-electron chi connectivity index (χ0n) is 19.6. The third-order valence-corrected chi connectivity index (χ3v) is 6.80. The predicted molar refractivity (Wildman–Crippen MR) is 128 cm³/mol. The largest absolute Gasteiger partial charge is 0.356 e. The van der Waals surface area contributed by atoms with Crippen LogP contribution in [0.5, 0.6) is 0 Å². The van der Waals surface area contributed by atoms with E-state index >= 15 is 0 Å². The number of fused-ring (bicyclic) bond motifs is 2. The quantitative estimate of drug-likeness (QED) is 0.259. The molecule has 0 radical (unpaired) electrons. The van der Waals surface area contributed by atoms with Crippen LogP contribution in [0.3, 0.4) is 0 Å². The van der Waals surface area contributed by atoms with Crippen molar-refractivity contribution in [2.75, 3.05) is 14.2 Å². The topological polar surface area (TPSA) is 93.9 Å². The van der Waals surface area contributed by atoms with Crippen molar-refractivity contribution in [2.24, 2.45) is 0 Å². The molecule has 9 nitrogen and oxygen atoms in total. The number of carbonyl (C=O) groups excluding carboxylic acids is 1. The Morgan fingerprint density at radius 3 is 2.63 bits per heavy atom. The number of aromatic nitrogens is 3. The van der Waals surface area contributed by atoms with Crippen LogP contribution in [0.25, 0.3) is 11.0 Å². The normalized spacial score (nSPS) is 25.5. The van der Waals surface area contributed by atoms with Crippen molar-refractivity contribution < 1.29 is 28.5 Å². The summed E-state index contributed by atoms with van der Waals surface area (Å²) in [7, 11) is 3.08. The monoisotopic (exact) mass is 521 g/mol. The second-order valence-electron chi connectivity index (χ2n) is 8.91. The number of hydrogen-bond donors (Lipinski definition) is 0. The molecule has 4 heterocycles. The molecule has 186 valence electrons. The number of methoxy groups -OCH3 is 2. The average molecular weight is 522 g/mol. The molecule has 5 rings (SSSR count). The summed E-state index contributed by atoms with van der Waals surface area (Å²) in [4.78, 5) is 22.3. The van der Waals surface area contributed by atoms with E-state index in [1.54, 1.807) is 49.2 Å². The van der Waals surface area contributed by atoms with E-state index < -0.39 is 36.6 Å². The molecule has 0 spiro atoms. The number of benzene rings is 1. The van der Waals surface area contributed by atoms with Gasteiger partial charge in [0.05, 0.1) is 5.39 Å². The van der Waals surface area contributed by atoms with Gasteiger partial charge in [0.2, 0.25) is 0 Å². The molecule has 3 aromatic rings. The Morgan fingerprint density at radius 2 is 1.89 bits per heavy atom. The maximum Gasteiger partial charge on any atom is 0.194 e. The number of carbonyl (C=O) groups is 1. The Hall–Kier alpha value is -2.11. The molecule has 0 amide bonds. The maximum atomic E-state index is 13.9. The van der Waals surface area contributed by atoms with Gasteiger partial charge in [0, 0.05) is 37.4 Å². The molecule has 0 bridgehead atoms. The SMILES string of the molecule is COC(Cc1cc(Cl)ccc1C(=O)[C@H]1O[C@@H](n2ccc3c(Cl)ncnc32)[C@@H]2OC(C)(C)O[C@@H]21)OC. The third kappa shape index (κ3) is 4.46. The Morgan fingerprint density at radius 1 is 1.14 bits per heavy atom. The first kappa shape index (κ1) is 24.6. The van der Waals surface area contributed by atoms with Crippen molar-refractivity contribution in [1.29, 1.82) is 0 Å². The highest BCUT2D eigenvalue weighted by Crippen LogP contribution is 2.45. The van der Waals surface area contributed by atoms with Crippen LogP contribution in [0.2, 0.25) is 10.2 Å². The molecular formula is C24H25Cl2N3O6. The second-order valence-corrected chi connectivity index (χ2v) is 9.70. The van der Waals surface area contributed by atoms with E-state index in [1.807, 2.05) is 13.8 Å². The van der Waals surface area contributed by atoms with Gasteiger partial charge >= 0.3 is 0 Å². The van der Waals surface area contributed by atoms with Gasteiger partial charge in [-0.3, -0.25) is 4.79 Å². The molecule has 2 saturated heterocycles. The fraction of sp³-hybridized carbons (Fsp3) is 0.458. The van der Waals surface area contributed by atoms with Crippen LogP contribution in [0.1, 0.15) is 36.0 Å². The molecule has 0 unspecified atom stereocenters. The zero-order chi connectivity index (χ0) is 24.9. The fourth-order valence-electron chi connectivity index (χ4n) is 4.72. The highest BCUT2D eigenvalue weighted by Gasteiger charge is 2.58. The number of ketones is 1. The number of halogens is 2. The zero-order valence-corrected chi connectivity index (χ0v) is 21.1. The van der Waals surface area contributed by atoms with E-state index in [1.165, 1.54) is 6.33 Å². The van der Waals surface area contributed by atoms with Crippen molar-refractivity contribution in [2.45, 2.75) is 56.9 Å². The smallest absolute Gasteiger partial charge is 0.194 e. The van der Waals surface area contributed by atoms with Gasteiger partial charge in [-0.1, -0.05) is 23.2 Å². The Labute approximate surface area is 212 Å². The first-order chi connectivity index (χ1) is 16.7. The van der Waals surface area contributed by atoms with Gasteiger partial charge in [-0.2, -0.15) is 0 Å². The molecule has 4 atom stereocenters. The van der Waals surface area contributed by atoms with Gasteiger partial charge in [-0.15, -0.1) is 0 Å². The number of nitrogens with zero attached hydrogens (tertiary/aromatic N) is 3. The number of Topliss-reactive ketones (excluding diaryl/α,β-unsaturated/α-hetero) is 1. The van der Waals surface area contributed by atoms with Crippen LogP contribution in [0.15, 0.2) is 36.8 Å². The van der Waals surface area contributed by atoms with E-state index in [-0.39, 0.29) is 5.78 Å². The molecule has 0 aliphatic carbocycles. The lowest BCUT2D eigenvalue weighted by Gasteiger charge is -2.25. The van der Waals surface area contributed by atoms with Gasteiger partial charge < -0.3 is 28.3 Å². The van der Waals surface area contributed by atoms with E-state index in [4.69, 9.17) is 46.9 Å². The maximum absolute atomic E-state index is 13.9. The van der Waals surface area contributed by atoms with Crippen molar-refractivity contribution in [1.82, 2.24) is 14.5 Å². The van der Waals surface area contributed by atoms with E-state index in [0.717, 1.165) is 0 Å². The lowest BCUT2D eigenvalue weighted by Crippen LogP contribution is -2.36. The van der Waals surface area contributed by atoms with Gasteiger partial charge in [0.25, 0.3) is 0 Å². The van der Waals surface area contributed by atoms with Crippen LogP contribution in [-0.4, -0.2) is 64.9 Å². The number of rotatable bonds is 7. The molecule has 2 aliphatic heterocycles. The Balaban J connectivity index is 1.52. The molecule has 2 aromatic heterocycles. The summed E-state index contributed by atoms with van der Waals surface area (Å²) in [6.07, 6.45) is 0.194. The predicted octanol–water partition coefficient (Wildman–Crippen LogP) is 4.20. The van der Waals surface area contributed by atoms with Gasteiger partial charge in [0.1, 0.15) is 29.3 Å². The van der Waals surface area contributed by atoms with Crippen LogP contribution in [-0.2, 0) is 30.1 Å². The Bertz CT molecular complexity index is 1260. The van der Waals surface area contributed by atoms with Crippen molar-refractivity contribution in [3.05, 3.63) is 58.1 Å². The first-order valence-electron chi connectivity index (χ1n) is 11.1. The van der Waals surface area contributed by atoms with Crippen LogP contribution >= 0.6 is 23.2 Å².